The third kappa shape index (κ3) is 6.28. The van der Waals surface area contributed by atoms with Crippen molar-refractivity contribution in [2.45, 2.75) is 68.3 Å². The molecule has 4 aliphatic rings. The highest BCUT2D eigenvalue weighted by atomic mass is 32.2. The zero-order valence-corrected chi connectivity index (χ0v) is 20.7. The van der Waals surface area contributed by atoms with E-state index in [1.807, 2.05) is 0 Å². The standard InChI is InChI=1S/C23H34N6O5S/c1-35-20(21(32)33)28-19(31)18(16-11-24-12-26-16)27-17(30)3-2-4-25-22(34)29-23-8-13-5-14(9-23)7-15(6-13)10-23/h11-15,18,20H,2-10H2,1H3,(H,24,26)(H,27,30)(H,28,31)(H,32,33)(H2,25,29,34). The average Bonchev–Trinajstić information content (AvgIpc) is 3.31. The normalized spacial score (nSPS) is 28.1. The van der Waals surface area contributed by atoms with Gasteiger partial charge in [0.15, 0.2) is 5.37 Å². The van der Waals surface area contributed by atoms with E-state index in [2.05, 4.69) is 31.2 Å². The minimum Gasteiger partial charge on any atom is -0.479 e. The number of nitrogens with one attached hydrogen (secondary N) is 5. The summed E-state index contributed by atoms with van der Waals surface area (Å²) in [7, 11) is 0. The Morgan fingerprint density at radius 1 is 1.14 bits per heavy atom. The molecule has 0 aromatic carbocycles. The van der Waals surface area contributed by atoms with Crippen molar-refractivity contribution < 1.29 is 24.3 Å². The number of carbonyl (C=O) groups excluding carboxylic acids is 3. The maximum absolute atomic E-state index is 12.7. The third-order valence-electron chi connectivity index (χ3n) is 7.41. The summed E-state index contributed by atoms with van der Waals surface area (Å²) >= 11 is 0.963. The summed E-state index contributed by atoms with van der Waals surface area (Å²) in [6.07, 6.45) is 12.0. The van der Waals surface area contributed by atoms with Gasteiger partial charge in [0.05, 0.1) is 18.2 Å². The van der Waals surface area contributed by atoms with Crippen LogP contribution in [0.25, 0.3) is 0 Å². The van der Waals surface area contributed by atoms with Gasteiger partial charge in [-0.3, -0.25) is 9.59 Å². The lowest BCUT2D eigenvalue weighted by Crippen LogP contribution is -2.61. The first kappa shape index (κ1) is 25.3. The third-order valence-corrected chi connectivity index (χ3v) is 8.21. The fourth-order valence-corrected chi connectivity index (χ4v) is 6.81. The number of hydrogen-bond donors (Lipinski definition) is 6. The molecule has 4 bridgehead atoms. The molecule has 4 amide bonds. The van der Waals surface area contributed by atoms with Gasteiger partial charge in [0.2, 0.25) is 11.8 Å². The minimum absolute atomic E-state index is 0.0640. The van der Waals surface area contributed by atoms with Gasteiger partial charge in [-0.25, -0.2) is 14.6 Å². The number of aromatic nitrogens is 2. The smallest absolute Gasteiger partial charge is 0.336 e. The quantitative estimate of drug-likeness (QED) is 0.195. The molecule has 12 heteroatoms. The molecule has 11 nitrogen and oxygen atoms in total. The molecular weight excluding hydrogens is 472 g/mol. The lowest BCUT2D eigenvalue weighted by atomic mass is 9.53. The van der Waals surface area contributed by atoms with Crippen molar-refractivity contribution in [3.8, 4) is 0 Å². The molecule has 4 aliphatic carbocycles. The summed E-state index contributed by atoms with van der Waals surface area (Å²) in [5, 5.41) is 19.2. The van der Waals surface area contributed by atoms with Crippen LogP contribution in [0.1, 0.15) is 63.1 Å². The predicted octanol–water partition coefficient (Wildman–Crippen LogP) is 1.51. The van der Waals surface area contributed by atoms with E-state index in [1.54, 1.807) is 6.26 Å². The molecule has 192 valence electrons. The Labute approximate surface area is 208 Å². The summed E-state index contributed by atoms with van der Waals surface area (Å²) in [5.74, 6) is 0.000752. The molecule has 1 heterocycles. The molecule has 1 aromatic rings. The Hall–Kier alpha value is -2.76. The van der Waals surface area contributed by atoms with Crippen LogP contribution in [0.2, 0.25) is 0 Å². The van der Waals surface area contributed by atoms with Crippen molar-refractivity contribution in [1.82, 2.24) is 31.2 Å². The van der Waals surface area contributed by atoms with Crippen LogP contribution in [0.5, 0.6) is 0 Å². The Kier molecular flexibility index (Phi) is 7.88. The van der Waals surface area contributed by atoms with Crippen molar-refractivity contribution >= 4 is 35.6 Å². The lowest BCUT2D eigenvalue weighted by Gasteiger charge is -2.56. The number of carboxylic acid groups (broad SMARTS) is 1. The van der Waals surface area contributed by atoms with E-state index in [0.717, 1.165) is 48.8 Å². The number of urea groups is 1. The maximum Gasteiger partial charge on any atom is 0.336 e. The van der Waals surface area contributed by atoms with Crippen LogP contribution in [0.3, 0.4) is 0 Å². The SMILES string of the molecule is CSC(NC(=O)C(NC(=O)CCCNC(=O)NC12CC3CC(CC(C3)C1)C2)c1cnc[nH]1)C(=O)O. The molecule has 2 unspecified atom stereocenters. The summed E-state index contributed by atoms with van der Waals surface area (Å²) in [6.45, 7) is 0.333. The number of carbonyl (C=O) groups is 4. The van der Waals surface area contributed by atoms with Crippen LogP contribution in [0, 0.1) is 17.8 Å². The van der Waals surface area contributed by atoms with Crippen LogP contribution in [0.4, 0.5) is 4.79 Å². The van der Waals surface area contributed by atoms with Gasteiger partial charge in [0, 0.05) is 18.5 Å². The number of thioether (sulfide) groups is 1. The van der Waals surface area contributed by atoms with Gasteiger partial charge in [0.25, 0.3) is 0 Å². The number of nitrogens with zero attached hydrogens (tertiary/aromatic N) is 1. The fourth-order valence-electron chi connectivity index (χ4n) is 6.38. The number of aliphatic carboxylic acids is 1. The highest BCUT2D eigenvalue weighted by Gasteiger charge is 2.51. The van der Waals surface area contributed by atoms with E-state index in [1.165, 1.54) is 31.8 Å². The van der Waals surface area contributed by atoms with E-state index < -0.39 is 23.3 Å². The Balaban J connectivity index is 1.21. The van der Waals surface area contributed by atoms with Crippen molar-refractivity contribution in [2.24, 2.45) is 17.8 Å². The predicted molar refractivity (Wildman–Crippen MR) is 129 cm³/mol. The van der Waals surface area contributed by atoms with Gasteiger partial charge >= 0.3 is 12.0 Å². The molecule has 35 heavy (non-hydrogen) atoms. The number of H-pyrrole nitrogens is 1. The first-order chi connectivity index (χ1) is 16.8. The number of rotatable bonds is 11. The maximum atomic E-state index is 12.7. The fraction of sp³-hybridized carbons (Fsp3) is 0.696. The van der Waals surface area contributed by atoms with Gasteiger partial charge < -0.3 is 31.4 Å². The van der Waals surface area contributed by atoms with Crippen molar-refractivity contribution in [2.75, 3.05) is 12.8 Å². The van der Waals surface area contributed by atoms with Gasteiger partial charge in [-0.2, -0.15) is 0 Å². The summed E-state index contributed by atoms with van der Waals surface area (Å²) in [6, 6.07) is -1.29. The van der Waals surface area contributed by atoms with Crippen molar-refractivity contribution in [3.05, 3.63) is 18.2 Å². The molecule has 0 spiro atoms. The van der Waals surface area contributed by atoms with Gasteiger partial charge in [-0.05, 0) is 69.0 Å². The van der Waals surface area contributed by atoms with Crippen LogP contribution >= 0.6 is 11.8 Å². The molecule has 1 aromatic heterocycles. The first-order valence-corrected chi connectivity index (χ1v) is 13.5. The zero-order valence-electron chi connectivity index (χ0n) is 19.8. The highest BCUT2D eigenvalue weighted by Crippen LogP contribution is 2.55. The zero-order chi connectivity index (χ0) is 25.0. The number of hydrogen-bond acceptors (Lipinski definition) is 6. The van der Waals surface area contributed by atoms with Gasteiger partial charge in [-0.1, -0.05) is 0 Å². The molecular formula is C23H34N6O5S. The van der Waals surface area contributed by atoms with Gasteiger partial charge in [-0.15, -0.1) is 11.8 Å². The first-order valence-electron chi connectivity index (χ1n) is 12.2. The molecule has 0 radical (unpaired) electrons. The minimum atomic E-state index is -1.18. The summed E-state index contributed by atoms with van der Waals surface area (Å²) in [5.41, 5.74) is 0.278. The molecule has 6 N–H and O–H groups in total. The number of aromatic amines is 1. The lowest BCUT2D eigenvalue weighted by molar-refractivity contribution is -0.139. The Bertz CT molecular complexity index is 904. The number of amides is 4. The van der Waals surface area contributed by atoms with Crippen molar-refractivity contribution in [1.29, 1.82) is 0 Å². The van der Waals surface area contributed by atoms with Crippen molar-refractivity contribution in [3.63, 3.8) is 0 Å². The van der Waals surface area contributed by atoms with E-state index in [9.17, 15) is 24.3 Å². The molecule has 4 saturated carbocycles. The second-order valence-corrected chi connectivity index (χ2v) is 11.1. The topological polar surface area (TPSA) is 165 Å². The number of carboxylic acids is 1. The summed E-state index contributed by atoms with van der Waals surface area (Å²) < 4.78 is 0. The average molecular weight is 507 g/mol. The molecule has 2 atom stereocenters. The second kappa shape index (κ2) is 10.9. The highest BCUT2D eigenvalue weighted by molar-refractivity contribution is 7.99. The number of imidazole rings is 1. The molecule has 0 saturated heterocycles. The monoisotopic (exact) mass is 506 g/mol. The van der Waals surface area contributed by atoms with Crippen LogP contribution in [0.15, 0.2) is 12.5 Å². The van der Waals surface area contributed by atoms with Crippen LogP contribution in [-0.4, -0.2) is 62.6 Å². The molecule has 0 aliphatic heterocycles. The van der Waals surface area contributed by atoms with Gasteiger partial charge in [0.1, 0.15) is 6.04 Å². The van der Waals surface area contributed by atoms with E-state index >= 15 is 0 Å². The van der Waals surface area contributed by atoms with E-state index in [-0.39, 0.29) is 23.9 Å². The molecule has 4 fully saturated rings. The van der Waals surface area contributed by atoms with E-state index in [0.29, 0.717) is 18.7 Å². The second-order valence-electron chi connectivity index (χ2n) is 10.2. The largest absolute Gasteiger partial charge is 0.479 e. The Morgan fingerprint density at radius 2 is 1.80 bits per heavy atom. The van der Waals surface area contributed by atoms with Crippen LogP contribution < -0.4 is 21.3 Å². The van der Waals surface area contributed by atoms with E-state index in [4.69, 9.17) is 0 Å². The Morgan fingerprint density at radius 3 is 2.34 bits per heavy atom. The summed E-state index contributed by atoms with van der Waals surface area (Å²) in [4.78, 5) is 55.6. The van der Waals surface area contributed by atoms with Crippen LogP contribution in [-0.2, 0) is 14.4 Å². The molecule has 5 rings (SSSR count).